The zero-order valence-electron chi connectivity index (χ0n) is 6.46. The summed E-state index contributed by atoms with van der Waals surface area (Å²) in [5, 5.41) is 3.19. The van der Waals surface area contributed by atoms with Gasteiger partial charge in [-0.15, -0.1) is 0 Å². The Morgan fingerprint density at radius 3 is 3.36 bits per heavy atom. The fraction of sp³-hybridized carbons (Fsp3) is 0.222. The van der Waals surface area contributed by atoms with Gasteiger partial charge in [-0.25, -0.2) is 0 Å². The molecule has 0 radical (unpaired) electrons. The second kappa shape index (κ2) is 2.38. The van der Waals surface area contributed by atoms with Crippen LogP contribution < -0.4 is 5.32 Å². The third-order valence-electron chi connectivity index (χ3n) is 1.81. The van der Waals surface area contributed by atoms with E-state index in [0.717, 1.165) is 17.8 Å². The summed E-state index contributed by atoms with van der Waals surface area (Å²) in [6.07, 6.45) is 4.84. The minimum Gasteiger partial charge on any atom is -0.360 e. The second-order valence-electron chi connectivity index (χ2n) is 2.81. The summed E-state index contributed by atoms with van der Waals surface area (Å²) in [5.74, 6) is 0. The Labute approximate surface area is 66.0 Å². The Kier molecular flexibility index (Phi) is 1.39. The van der Waals surface area contributed by atoms with Crippen LogP contribution in [0.2, 0.25) is 0 Å². The van der Waals surface area contributed by atoms with Crippen LogP contribution in [0.1, 0.15) is 12.6 Å². The Balaban J connectivity index is 2.42. The molecule has 1 N–H and O–H groups in total. The van der Waals surface area contributed by atoms with Gasteiger partial charge < -0.3 is 5.32 Å². The highest BCUT2D eigenvalue weighted by Gasteiger charge is 2.06. The predicted octanol–water partition coefficient (Wildman–Crippen LogP) is 1.95. The topological polar surface area (TPSA) is 24.9 Å². The van der Waals surface area contributed by atoms with Crippen molar-refractivity contribution in [2.24, 2.45) is 0 Å². The predicted molar refractivity (Wildman–Crippen MR) is 45.3 cm³/mol. The van der Waals surface area contributed by atoms with Crippen molar-refractivity contribution >= 4 is 5.69 Å². The minimum absolute atomic E-state index is 0.975. The van der Waals surface area contributed by atoms with E-state index < -0.39 is 0 Å². The van der Waals surface area contributed by atoms with Gasteiger partial charge in [0.05, 0.1) is 11.4 Å². The first-order valence-corrected chi connectivity index (χ1v) is 3.72. The molecule has 2 heteroatoms. The maximum atomic E-state index is 4.27. The van der Waals surface area contributed by atoms with Crippen LogP contribution in [-0.4, -0.2) is 4.98 Å². The average molecular weight is 146 g/mol. The molecule has 2 heterocycles. The molecule has 0 unspecified atom stereocenters. The molecule has 1 aliphatic heterocycles. The lowest BCUT2D eigenvalue weighted by Gasteiger charge is -2.13. The zero-order valence-corrected chi connectivity index (χ0v) is 6.46. The minimum atomic E-state index is 0.975. The number of hydrogen-bond acceptors (Lipinski definition) is 2. The summed E-state index contributed by atoms with van der Waals surface area (Å²) < 4.78 is 0. The zero-order chi connectivity index (χ0) is 7.68. The number of nitrogens with zero attached hydrogens (tertiary/aromatic N) is 1. The molecule has 0 fully saturated rings. The number of anilines is 1. The smallest absolute Gasteiger partial charge is 0.0678 e. The average Bonchev–Trinajstić information content (AvgIpc) is 2.04. The summed E-state index contributed by atoms with van der Waals surface area (Å²) in [5.41, 5.74) is 3.61. The first kappa shape index (κ1) is 6.40. The van der Waals surface area contributed by atoms with Crippen LogP contribution in [-0.2, 0) is 6.42 Å². The monoisotopic (exact) mass is 146 g/mol. The molecule has 2 rings (SSSR count). The van der Waals surface area contributed by atoms with Crippen molar-refractivity contribution in [1.82, 2.24) is 4.98 Å². The molecular weight excluding hydrogens is 136 g/mol. The Hall–Kier alpha value is -1.31. The van der Waals surface area contributed by atoms with E-state index in [2.05, 4.69) is 17.2 Å². The van der Waals surface area contributed by atoms with Crippen molar-refractivity contribution in [2.45, 2.75) is 13.3 Å². The molecule has 2 nitrogen and oxygen atoms in total. The standard InChI is InChI=1S/C9H10N2/c1-7-5-9-8(11-6-7)3-2-4-10-9/h2-4,6,11H,5H2,1H3. The molecule has 1 aliphatic rings. The van der Waals surface area contributed by atoms with Crippen LogP contribution >= 0.6 is 0 Å². The lowest BCUT2D eigenvalue weighted by atomic mass is 10.1. The van der Waals surface area contributed by atoms with Crippen LogP contribution in [0, 0.1) is 0 Å². The van der Waals surface area contributed by atoms with Crippen LogP contribution in [0.25, 0.3) is 0 Å². The molecule has 0 aliphatic carbocycles. The molecule has 1 aromatic rings. The van der Waals surface area contributed by atoms with Crippen LogP contribution in [0.15, 0.2) is 30.1 Å². The summed E-state index contributed by atoms with van der Waals surface area (Å²) in [7, 11) is 0. The molecule has 0 bridgehead atoms. The largest absolute Gasteiger partial charge is 0.360 e. The van der Waals surface area contributed by atoms with Gasteiger partial charge >= 0.3 is 0 Å². The third kappa shape index (κ3) is 1.11. The number of fused-ring (bicyclic) bond motifs is 1. The molecular formula is C9H10N2. The molecule has 1 aromatic heterocycles. The number of rotatable bonds is 0. The summed E-state index contributed by atoms with van der Waals surface area (Å²) in [6, 6.07) is 3.99. The second-order valence-corrected chi connectivity index (χ2v) is 2.81. The molecule has 0 saturated heterocycles. The Morgan fingerprint density at radius 1 is 1.55 bits per heavy atom. The fourth-order valence-corrected chi connectivity index (χ4v) is 1.23. The van der Waals surface area contributed by atoms with Crippen molar-refractivity contribution in [3.63, 3.8) is 0 Å². The van der Waals surface area contributed by atoms with E-state index in [1.807, 2.05) is 24.5 Å². The van der Waals surface area contributed by atoms with Gasteiger partial charge in [0, 0.05) is 18.8 Å². The van der Waals surface area contributed by atoms with Gasteiger partial charge in [0.15, 0.2) is 0 Å². The molecule has 56 valence electrons. The summed E-state index contributed by atoms with van der Waals surface area (Å²) >= 11 is 0. The highest BCUT2D eigenvalue weighted by Crippen LogP contribution is 2.20. The van der Waals surface area contributed by atoms with E-state index in [9.17, 15) is 0 Å². The fourth-order valence-electron chi connectivity index (χ4n) is 1.23. The third-order valence-corrected chi connectivity index (χ3v) is 1.81. The van der Waals surface area contributed by atoms with E-state index in [4.69, 9.17) is 0 Å². The lowest BCUT2D eigenvalue weighted by molar-refractivity contribution is 1.02. The quantitative estimate of drug-likeness (QED) is 0.605. The SMILES string of the molecule is CC1=CNc2cccnc2C1. The highest BCUT2D eigenvalue weighted by molar-refractivity contribution is 5.53. The molecule has 0 saturated carbocycles. The van der Waals surface area contributed by atoms with Gasteiger partial charge in [0.2, 0.25) is 0 Å². The van der Waals surface area contributed by atoms with Gasteiger partial charge in [-0.3, -0.25) is 4.98 Å². The van der Waals surface area contributed by atoms with Crippen molar-refractivity contribution in [3.05, 3.63) is 35.8 Å². The van der Waals surface area contributed by atoms with E-state index in [0.29, 0.717) is 0 Å². The summed E-state index contributed by atoms with van der Waals surface area (Å²) in [4.78, 5) is 4.27. The molecule has 0 aromatic carbocycles. The number of allylic oxidation sites excluding steroid dienone is 1. The van der Waals surface area contributed by atoms with E-state index in [1.54, 1.807) is 0 Å². The maximum absolute atomic E-state index is 4.27. The van der Waals surface area contributed by atoms with Crippen LogP contribution in [0.5, 0.6) is 0 Å². The van der Waals surface area contributed by atoms with Crippen molar-refractivity contribution in [2.75, 3.05) is 5.32 Å². The molecule has 0 spiro atoms. The van der Waals surface area contributed by atoms with Gasteiger partial charge in [-0.2, -0.15) is 0 Å². The van der Waals surface area contributed by atoms with E-state index in [-0.39, 0.29) is 0 Å². The highest BCUT2D eigenvalue weighted by atomic mass is 14.9. The van der Waals surface area contributed by atoms with Crippen molar-refractivity contribution in [1.29, 1.82) is 0 Å². The number of pyridine rings is 1. The number of aromatic nitrogens is 1. The number of nitrogens with one attached hydrogen (secondary N) is 1. The lowest BCUT2D eigenvalue weighted by Crippen LogP contribution is -2.05. The normalized spacial score (nSPS) is 14.8. The van der Waals surface area contributed by atoms with E-state index in [1.165, 1.54) is 5.57 Å². The molecule has 11 heavy (non-hydrogen) atoms. The first-order chi connectivity index (χ1) is 5.36. The van der Waals surface area contributed by atoms with E-state index >= 15 is 0 Å². The van der Waals surface area contributed by atoms with Gasteiger partial charge in [-0.1, -0.05) is 5.57 Å². The summed E-state index contributed by atoms with van der Waals surface area (Å²) in [6.45, 7) is 2.10. The first-order valence-electron chi connectivity index (χ1n) is 3.72. The van der Waals surface area contributed by atoms with Gasteiger partial charge in [-0.05, 0) is 19.1 Å². The maximum Gasteiger partial charge on any atom is 0.0678 e. The van der Waals surface area contributed by atoms with Gasteiger partial charge in [0.1, 0.15) is 0 Å². The Bertz CT molecular complexity index is 302. The number of hydrogen-bond donors (Lipinski definition) is 1. The Morgan fingerprint density at radius 2 is 2.45 bits per heavy atom. The van der Waals surface area contributed by atoms with Crippen molar-refractivity contribution in [3.8, 4) is 0 Å². The molecule has 0 amide bonds. The van der Waals surface area contributed by atoms with Crippen LogP contribution in [0.4, 0.5) is 5.69 Å². The van der Waals surface area contributed by atoms with Crippen molar-refractivity contribution < 1.29 is 0 Å². The van der Waals surface area contributed by atoms with Crippen LogP contribution in [0.3, 0.4) is 0 Å². The van der Waals surface area contributed by atoms with Gasteiger partial charge in [0.25, 0.3) is 0 Å². The molecule has 0 atom stereocenters.